The van der Waals surface area contributed by atoms with Gasteiger partial charge in [0.15, 0.2) is 0 Å². The van der Waals surface area contributed by atoms with Crippen LogP contribution in [0.4, 0.5) is 8.78 Å². The molecule has 0 spiro atoms. The van der Waals surface area contributed by atoms with Crippen LogP contribution in [0, 0.1) is 0 Å². The minimum absolute atomic E-state index is 0.0670. The maximum absolute atomic E-state index is 13.2. The van der Waals surface area contributed by atoms with Gasteiger partial charge in [-0.2, -0.15) is 8.78 Å². The third-order valence-corrected chi connectivity index (χ3v) is 2.63. The molecule has 1 aliphatic carbocycles. The summed E-state index contributed by atoms with van der Waals surface area (Å²) in [7, 11) is 0. The Morgan fingerprint density at radius 1 is 1.25 bits per heavy atom. The predicted octanol–water partition coefficient (Wildman–Crippen LogP) is 2.88. The minimum atomic E-state index is -3.80. The topological polar surface area (TPSA) is 35.5 Å². The summed E-state index contributed by atoms with van der Waals surface area (Å²) >= 11 is 0. The molecule has 1 aliphatic rings. The molecule has 0 N–H and O–H groups in total. The average molecular weight is 236 g/mol. The molecule has 1 saturated carbocycles. The van der Waals surface area contributed by atoms with E-state index in [1.165, 1.54) is 6.92 Å². The Kier molecular flexibility index (Phi) is 5.12. The van der Waals surface area contributed by atoms with E-state index < -0.39 is 18.2 Å². The Balaban J connectivity index is 2.46. The van der Waals surface area contributed by atoms with Gasteiger partial charge in [0.05, 0.1) is 12.7 Å². The number of alkyl halides is 2. The third-order valence-electron chi connectivity index (χ3n) is 2.63. The van der Waals surface area contributed by atoms with Crippen LogP contribution >= 0.6 is 0 Å². The van der Waals surface area contributed by atoms with Crippen LogP contribution in [0.2, 0.25) is 0 Å². The predicted molar refractivity (Wildman–Crippen MR) is 54.2 cm³/mol. The fourth-order valence-corrected chi connectivity index (χ4v) is 1.83. The first-order valence-electron chi connectivity index (χ1n) is 5.79. The molecule has 1 fully saturated rings. The van der Waals surface area contributed by atoms with E-state index in [0.717, 1.165) is 25.7 Å². The van der Waals surface area contributed by atoms with Crippen molar-refractivity contribution in [2.75, 3.05) is 6.61 Å². The zero-order chi connectivity index (χ0) is 12.0. The lowest BCUT2D eigenvalue weighted by atomic mass is 10.1. The van der Waals surface area contributed by atoms with Crippen LogP contribution < -0.4 is 0 Å². The second kappa shape index (κ2) is 6.13. The molecule has 16 heavy (non-hydrogen) atoms. The number of hydrogen-bond donors (Lipinski definition) is 0. The Morgan fingerprint density at radius 3 is 2.31 bits per heavy atom. The van der Waals surface area contributed by atoms with Crippen molar-refractivity contribution in [2.24, 2.45) is 0 Å². The van der Waals surface area contributed by atoms with Gasteiger partial charge >= 0.3 is 12.1 Å². The van der Waals surface area contributed by atoms with Gasteiger partial charge < -0.3 is 9.47 Å². The first-order valence-corrected chi connectivity index (χ1v) is 5.79. The highest BCUT2D eigenvalue weighted by Gasteiger charge is 2.44. The van der Waals surface area contributed by atoms with E-state index in [9.17, 15) is 13.6 Å². The zero-order valence-corrected chi connectivity index (χ0v) is 9.51. The molecule has 0 aromatic heterocycles. The highest BCUT2D eigenvalue weighted by atomic mass is 19.3. The summed E-state index contributed by atoms with van der Waals surface area (Å²) < 4.78 is 35.3. The summed E-state index contributed by atoms with van der Waals surface area (Å²) in [6.07, 6.45) is 0.708. The molecule has 0 bridgehead atoms. The number of carbonyl (C=O) groups is 1. The molecule has 1 rings (SSSR count). The maximum Gasteiger partial charge on any atom is 0.456 e. The third kappa shape index (κ3) is 4.04. The fourth-order valence-electron chi connectivity index (χ4n) is 1.83. The van der Waals surface area contributed by atoms with Crippen LogP contribution in [0.15, 0.2) is 0 Å². The molecule has 0 aromatic rings. The Morgan fingerprint density at radius 2 is 1.81 bits per heavy atom. The van der Waals surface area contributed by atoms with Crippen molar-refractivity contribution in [2.45, 2.75) is 57.7 Å². The van der Waals surface area contributed by atoms with Crippen molar-refractivity contribution < 1.29 is 23.0 Å². The molecular weight excluding hydrogens is 218 g/mol. The SMILES string of the molecule is CCOC(=O)C(F)(F)OC1CCCCCC1. The maximum atomic E-state index is 13.2. The summed E-state index contributed by atoms with van der Waals surface area (Å²) in [6, 6.07) is 0. The number of esters is 1. The highest BCUT2D eigenvalue weighted by molar-refractivity contribution is 5.75. The molecule has 0 unspecified atom stereocenters. The molecule has 0 aromatic carbocycles. The zero-order valence-electron chi connectivity index (χ0n) is 9.51. The number of rotatable bonds is 4. The highest BCUT2D eigenvalue weighted by Crippen LogP contribution is 2.27. The van der Waals surface area contributed by atoms with E-state index in [1.807, 2.05) is 0 Å². The molecule has 0 aliphatic heterocycles. The lowest BCUT2D eigenvalue weighted by molar-refractivity contribution is -0.267. The van der Waals surface area contributed by atoms with Gasteiger partial charge in [0.1, 0.15) is 0 Å². The molecule has 0 radical (unpaired) electrons. The average Bonchev–Trinajstić information content (AvgIpc) is 2.46. The molecule has 94 valence electrons. The molecule has 0 saturated heterocycles. The smallest absolute Gasteiger partial charge is 0.456 e. The molecule has 0 atom stereocenters. The quantitative estimate of drug-likeness (QED) is 0.556. The Labute approximate surface area is 94.1 Å². The lowest BCUT2D eigenvalue weighted by Crippen LogP contribution is -2.37. The summed E-state index contributed by atoms with van der Waals surface area (Å²) in [6.45, 7) is 1.42. The van der Waals surface area contributed by atoms with Crippen LogP contribution in [0.25, 0.3) is 0 Å². The first-order chi connectivity index (χ1) is 7.56. The van der Waals surface area contributed by atoms with E-state index in [2.05, 4.69) is 9.47 Å². The van der Waals surface area contributed by atoms with Crippen molar-refractivity contribution in [3.8, 4) is 0 Å². The number of hydrogen-bond acceptors (Lipinski definition) is 3. The van der Waals surface area contributed by atoms with Gasteiger partial charge in [-0.05, 0) is 19.8 Å². The van der Waals surface area contributed by atoms with Crippen LogP contribution in [0.3, 0.4) is 0 Å². The van der Waals surface area contributed by atoms with E-state index in [1.54, 1.807) is 0 Å². The first kappa shape index (κ1) is 13.4. The molecule has 0 heterocycles. The second-order valence-electron chi connectivity index (χ2n) is 3.97. The van der Waals surface area contributed by atoms with E-state index >= 15 is 0 Å². The minimum Gasteiger partial charge on any atom is -0.460 e. The van der Waals surface area contributed by atoms with Crippen LogP contribution in [0.1, 0.15) is 45.4 Å². The summed E-state index contributed by atoms with van der Waals surface area (Å²) in [5.41, 5.74) is 0. The van der Waals surface area contributed by atoms with Gasteiger partial charge in [-0.1, -0.05) is 25.7 Å². The van der Waals surface area contributed by atoms with E-state index in [0.29, 0.717) is 12.8 Å². The van der Waals surface area contributed by atoms with E-state index in [-0.39, 0.29) is 6.61 Å². The fraction of sp³-hybridized carbons (Fsp3) is 0.909. The van der Waals surface area contributed by atoms with Gasteiger partial charge in [0, 0.05) is 0 Å². The van der Waals surface area contributed by atoms with E-state index in [4.69, 9.17) is 0 Å². The summed E-state index contributed by atoms with van der Waals surface area (Å²) in [4.78, 5) is 10.9. The van der Waals surface area contributed by atoms with Crippen molar-refractivity contribution in [1.29, 1.82) is 0 Å². The summed E-state index contributed by atoms with van der Waals surface area (Å²) in [5, 5.41) is 0. The normalized spacial score (nSPS) is 19.2. The Bertz CT molecular complexity index is 223. The van der Waals surface area contributed by atoms with Crippen molar-refractivity contribution in [1.82, 2.24) is 0 Å². The van der Waals surface area contributed by atoms with Crippen molar-refractivity contribution in [3.05, 3.63) is 0 Å². The van der Waals surface area contributed by atoms with Crippen molar-refractivity contribution in [3.63, 3.8) is 0 Å². The van der Waals surface area contributed by atoms with Gasteiger partial charge in [-0.25, -0.2) is 4.79 Å². The van der Waals surface area contributed by atoms with Gasteiger partial charge in [-0.3, -0.25) is 0 Å². The molecule has 5 heteroatoms. The number of carbonyl (C=O) groups excluding carboxylic acids is 1. The number of halogens is 2. The molecule has 0 amide bonds. The molecular formula is C11H18F2O3. The molecule has 3 nitrogen and oxygen atoms in total. The standard InChI is InChI=1S/C11H18F2O3/c1-2-15-10(14)11(12,13)16-9-7-5-3-4-6-8-9/h9H,2-8H2,1H3. The monoisotopic (exact) mass is 236 g/mol. The van der Waals surface area contributed by atoms with Crippen molar-refractivity contribution >= 4 is 5.97 Å². The summed E-state index contributed by atoms with van der Waals surface area (Å²) in [5.74, 6) is -1.58. The Hall–Kier alpha value is -0.710. The number of ether oxygens (including phenoxy) is 2. The van der Waals surface area contributed by atoms with Crippen LogP contribution in [-0.2, 0) is 14.3 Å². The lowest BCUT2D eigenvalue weighted by Gasteiger charge is -2.21. The van der Waals surface area contributed by atoms with Crippen LogP contribution in [-0.4, -0.2) is 24.8 Å². The second-order valence-corrected chi connectivity index (χ2v) is 3.97. The van der Waals surface area contributed by atoms with Gasteiger partial charge in [-0.15, -0.1) is 0 Å². The van der Waals surface area contributed by atoms with Crippen LogP contribution in [0.5, 0.6) is 0 Å². The van der Waals surface area contributed by atoms with Gasteiger partial charge in [0.2, 0.25) is 0 Å². The largest absolute Gasteiger partial charge is 0.460 e. The van der Waals surface area contributed by atoms with Gasteiger partial charge in [0.25, 0.3) is 0 Å².